The highest BCUT2D eigenvalue weighted by atomic mass is 79.9. The van der Waals surface area contributed by atoms with Gasteiger partial charge >= 0.3 is 0 Å². The average molecular weight is 521 g/mol. The number of nitrogens with one attached hydrogen (secondary N) is 1. The molecule has 0 atom stereocenters. The van der Waals surface area contributed by atoms with Gasteiger partial charge in [-0.15, -0.1) is 0 Å². The van der Waals surface area contributed by atoms with Crippen LogP contribution in [0.1, 0.15) is 27.9 Å². The van der Waals surface area contributed by atoms with Crippen LogP contribution in [-0.2, 0) is 20.4 Å². The monoisotopic (exact) mass is 519 g/mol. The van der Waals surface area contributed by atoms with Gasteiger partial charge < -0.3 is 5.32 Å². The van der Waals surface area contributed by atoms with Crippen molar-refractivity contribution in [2.24, 2.45) is 0 Å². The number of amides is 1. The van der Waals surface area contributed by atoms with E-state index in [1.165, 1.54) is 0 Å². The van der Waals surface area contributed by atoms with Gasteiger partial charge in [-0.3, -0.25) is 9.59 Å². The zero-order valence-corrected chi connectivity index (χ0v) is 19.5. The molecule has 0 unspecified atom stereocenters. The first-order valence-corrected chi connectivity index (χ1v) is 12.4. The van der Waals surface area contributed by atoms with Gasteiger partial charge in [-0.25, -0.2) is 8.42 Å². The van der Waals surface area contributed by atoms with Crippen molar-refractivity contribution in [1.29, 1.82) is 0 Å². The van der Waals surface area contributed by atoms with Crippen LogP contribution in [0.25, 0.3) is 0 Å². The Labute approximate surface area is 194 Å². The zero-order chi connectivity index (χ0) is 22.4. The van der Waals surface area contributed by atoms with E-state index in [0.29, 0.717) is 26.3 Å². The largest absolute Gasteiger partial charge is 0.325 e. The van der Waals surface area contributed by atoms with Crippen LogP contribution in [0.3, 0.4) is 0 Å². The minimum absolute atomic E-state index is 0.129. The lowest BCUT2D eigenvalue weighted by atomic mass is 10.0. The van der Waals surface area contributed by atoms with Gasteiger partial charge in [-0.2, -0.15) is 0 Å². The first-order valence-electron chi connectivity index (χ1n) is 9.38. The van der Waals surface area contributed by atoms with Gasteiger partial charge in [0.25, 0.3) is 0 Å². The maximum Gasteiger partial charge on any atom is 0.225 e. The van der Waals surface area contributed by atoms with E-state index in [1.807, 2.05) is 6.07 Å². The number of anilines is 1. The van der Waals surface area contributed by atoms with Gasteiger partial charge in [0, 0.05) is 22.0 Å². The molecule has 0 saturated carbocycles. The maximum absolute atomic E-state index is 13.0. The topological polar surface area (TPSA) is 80.3 Å². The summed E-state index contributed by atoms with van der Waals surface area (Å²) in [6, 6.07) is 20.3. The summed E-state index contributed by atoms with van der Waals surface area (Å²) in [5, 5.41) is 2.96. The molecular formula is C23H19BrClNO4S. The standard InChI is InChI=1S/C23H19BrClNO4S/c24-17-10-11-21(19(14-17)23(28)18-8-4-5-9-20(18)25)26-22(27)12-13-31(29,30)15-16-6-2-1-3-7-16/h1-11,14H,12-13,15H2,(H,26,27). The molecule has 0 aromatic heterocycles. The molecule has 1 N–H and O–H groups in total. The molecule has 8 heteroatoms. The molecule has 0 heterocycles. The molecule has 0 aliphatic carbocycles. The van der Waals surface area contributed by atoms with Gasteiger partial charge in [0.1, 0.15) is 0 Å². The first-order chi connectivity index (χ1) is 14.7. The predicted octanol–water partition coefficient (Wildman–Crippen LogP) is 5.28. The molecule has 3 aromatic carbocycles. The first kappa shape index (κ1) is 23.2. The highest BCUT2D eigenvalue weighted by Gasteiger charge is 2.19. The normalized spacial score (nSPS) is 11.2. The van der Waals surface area contributed by atoms with Crippen LogP contribution in [0.15, 0.2) is 77.3 Å². The summed E-state index contributed by atoms with van der Waals surface area (Å²) in [7, 11) is -3.46. The molecule has 160 valence electrons. The molecule has 0 aliphatic heterocycles. The molecule has 3 aromatic rings. The quantitative estimate of drug-likeness (QED) is 0.410. The minimum atomic E-state index is -3.46. The van der Waals surface area contributed by atoms with Crippen molar-refractivity contribution >= 4 is 54.7 Å². The molecule has 31 heavy (non-hydrogen) atoms. The lowest BCUT2D eigenvalue weighted by molar-refractivity contribution is -0.115. The molecule has 5 nitrogen and oxygen atoms in total. The van der Waals surface area contributed by atoms with Crippen molar-refractivity contribution in [2.75, 3.05) is 11.1 Å². The Hall–Kier alpha value is -2.48. The van der Waals surface area contributed by atoms with Crippen molar-refractivity contribution in [3.8, 4) is 0 Å². The fourth-order valence-corrected chi connectivity index (χ4v) is 4.89. The zero-order valence-electron chi connectivity index (χ0n) is 16.3. The smallest absolute Gasteiger partial charge is 0.225 e. The number of sulfone groups is 1. The fraction of sp³-hybridized carbons (Fsp3) is 0.130. The van der Waals surface area contributed by atoms with Crippen LogP contribution in [0, 0.1) is 0 Å². The third-order valence-electron chi connectivity index (χ3n) is 4.49. The predicted molar refractivity (Wildman–Crippen MR) is 126 cm³/mol. The molecular weight excluding hydrogens is 502 g/mol. The lowest BCUT2D eigenvalue weighted by Gasteiger charge is -2.12. The summed E-state index contributed by atoms with van der Waals surface area (Å²) in [5.74, 6) is -1.26. The van der Waals surface area contributed by atoms with E-state index in [1.54, 1.807) is 66.7 Å². The second kappa shape index (κ2) is 10.2. The van der Waals surface area contributed by atoms with Gasteiger partial charge in [-0.1, -0.05) is 70.0 Å². The number of hydrogen-bond acceptors (Lipinski definition) is 4. The van der Waals surface area contributed by atoms with Crippen LogP contribution < -0.4 is 5.32 Å². The SMILES string of the molecule is O=C(CCS(=O)(=O)Cc1ccccc1)Nc1ccc(Br)cc1C(=O)c1ccccc1Cl. The van der Waals surface area contributed by atoms with Crippen molar-refractivity contribution in [3.63, 3.8) is 0 Å². The maximum atomic E-state index is 13.0. The molecule has 0 saturated heterocycles. The van der Waals surface area contributed by atoms with E-state index in [4.69, 9.17) is 11.6 Å². The Bertz CT molecular complexity index is 1210. The molecule has 1 amide bonds. The number of carbonyl (C=O) groups is 2. The minimum Gasteiger partial charge on any atom is -0.325 e. The summed E-state index contributed by atoms with van der Waals surface area (Å²) in [6.07, 6.45) is -0.217. The van der Waals surface area contributed by atoms with Crippen molar-refractivity contribution in [2.45, 2.75) is 12.2 Å². The van der Waals surface area contributed by atoms with Crippen LogP contribution in [0.5, 0.6) is 0 Å². The Balaban J connectivity index is 1.72. The number of halogens is 2. The number of rotatable bonds is 8. The number of hydrogen-bond donors (Lipinski definition) is 1. The van der Waals surface area contributed by atoms with Crippen molar-refractivity contribution in [1.82, 2.24) is 0 Å². The average Bonchev–Trinajstić information content (AvgIpc) is 2.74. The molecule has 3 rings (SSSR count). The summed E-state index contributed by atoms with van der Waals surface area (Å²) >= 11 is 9.48. The van der Waals surface area contributed by atoms with E-state index >= 15 is 0 Å². The van der Waals surface area contributed by atoms with E-state index in [9.17, 15) is 18.0 Å². The summed E-state index contributed by atoms with van der Waals surface area (Å²) in [5.41, 5.74) is 1.52. The van der Waals surface area contributed by atoms with Crippen LogP contribution >= 0.6 is 27.5 Å². The van der Waals surface area contributed by atoms with Gasteiger partial charge in [0.05, 0.1) is 22.2 Å². The highest BCUT2D eigenvalue weighted by molar-refractivity contribution is 9.10. The molecule has 0 bridgehead atoms. The Morgan fingerprint density at radius 3 is 2.29 bits per heavy atom. The highest BCUT2D eigenvalue weighted by Crippen LogP contribution is 2.27. The van der Waals surface area contributed by atoms with E-state index < -0.39 is 15.7 Å². The van der Waals surface area contributed by atoms with Crippen LogP contribution in [0.2, 0.25) is 5.02 Å². The molecule has 0 aliphatic rings. The molecule has 0 spiro atoms. The second-order valence-corrected chi connectivity index (χ2v) is 10.4. The number of benzene rings is 3. The van der Waals surface area contributed by atoms with Gasteiger partial charge in [0.15, 0.2) is 15.6 Å². The fourth-order valence-electron chi connectivity index (χ4n) is 2.97. The third-order valence-corrected chi connectivity index (χ3v) is 6.91. The second-order valence-electron chi connectivity index (χ2n) is 6.87. The summed E-state index contributed by atoms with van der Waals surface area (Å²) < 4.78 is 25.3. The van der Waals surface area contributed by atoms with Crippen LogP contribution in [0.4, 0.5) is 5.69 Å². The van der Waals surface area contributed by atoms with Crippen molar-refractivity contribution in [3.05, 3.63) is 99.0 Å². The van der Waals surface area contributed by atoms with Crippen LogP contribution in [-0.4, -0.2) is 25.9 Å². The number of ketones is 1. The van der Waals surface area contributed by atoms with E-state index in [2.05, 4.69) is 21.2 Å². The summed E-state index contributed by atoms with van der Waals surface area (Å²) in [4.78, 5) is 25.4. The Morgan fingerprint density at radius 1 is 0.903 bits per heavy atom. The Morgan fingerprint density at radius 2 is 1.58 bits per heavy atom. The van der Waals surface area contributed by atoms with E-state index in [-0.39, 0.29) is 29.3 Å². The molecule has 0 fully saturated rings. The van der Waals surface area contributed by atoms with E-state index in [0.717, 1.165) is 0 Å². The number of carbonyl (C=O) groups excluding carboxylic acids is 2. The Kier molecular flexibility index (Phi) is 7.64. The van der Waals surface area contributed by atoms with Crippen molar-refractivity contribution < 1.29 is 18.0 Å². The van der Waals surface area contributed by atoms with Gasteiger partial charge in [0.2, 0.25) is 5.91 Å². The van der Waals surface area contributed by atoms with Gasteiger partial charge in [-0.05, 0) is 35.9 Å². The summed E-state index contributed by atoms with van der Waals surface area (Å²) in [6.45, 7) is 0. The molecule has 0 radical (unpaired) electrons. The lowest BCUT2D eigenvalue weighted by Crippen LogP contribution is -2.19. The third kappa shape index (κ3) is 6.50.